The van der Waals surface area contributed by atoms with Crippen LogP contribution < -0.4 is 10.1 Å². The van der Waals surface area contributed by atoms with Crippen LogP contribution in [-0.4, -0.2) is 30.4 Å². The molecule has 3 aromatic rings. The third-order valence-electron chi connectivity index (χ3n) is 6.32. The van der Waals surface area contributed by atoms with Gasteiger partial charge in [0.15, 0.2) is 0 Å². The van der Waals surface area contributed by atoms with E-state index in [4.69, 9.17) is 4.74 Å². The summed E-state index contributed by atoms with van der Waals surface area (Å²) in [7, 11) is 1.63. The van der Waals surface area contributed by atoms with Gasteiger partial charge < -0.3 is 15.0 Å². The van der Waals surface area contributed by atoms with Crippen LogP contribution in [-0.2, 0) is 17.8 Å². The number of hydrogen-bond donors (Lipinski definition) is 1. The van der Waals surface area contributed by atoms with Crippen LogP contribution in [0.3, 0.4) is 0 Å². The Kier molecular flexibility index (Phi) is 4.94. The molecular weight excluding hydrogens is 388 g/mol. The normalized spacial score (nSPS) is 19.1. The van der Waals surface area contributed by atoms with Gasteiger partial charge in [0, 0.05) is 18.7 Å². The van der Waals surface area contributed by atoms with E-state index in [0.29, 0.717) is 18.7 Å². The number of fused-ring (bicyclic) bond motifs is 4. The highest BCUT2D eigenvalue weighted by atomic mass is 16.5. The van der Waals surface area contributed by atoms with Gasteiger partial charge in [-0.25, -0.2) is 0 Å². The van der Waals surface area contributed by atoms with Crippen molar-refractivity contribution in [3.63, 3.8) is 0 Å². The first-order valence-corrected chi connectivity index (χ1v) is 10.6. The third kappa shape index (κ3) is 3.36. The fraction of sp³-hybridized carbons (Fsp3) is 0.231. The molecule has 0 bridgehead atoms. The van der Waals surface area contributed by atoms with Crippen molar-refractivity contribution in [3.8, 4) is 5.75 Å². The lowest BCUT2D eigenvalue weighted by Gasteiger charge is -2.45. The lowest BCUT2D eigenvalue weighted by Crippen LogP contribution is -2.50. The molecule has 31 heavy (non-hydrogen) atoms. The molecule has 156 valence electrons. The molecule has 2 heterocycles. The number of methoxy groups -OCH3 is 1. The summed E-state index contributed by atoms with van der Waals surface area (Å²) in [6.07, 6.45) is 0.804. The van der Waals surface area contributed by atoms with Crippen molar-refractivity contribution in [3.05, 3.63) is 101 Å². The lowest BCUT2D eigenvalue weighted by molar-refractivity contribution is -0.124. The van der Waals surface area contributed by atoms with Crippen LogP contribution >= 0.6 is 0 Å². The van der Waals surface area contributed by atoms with Crippen molar-refractivity contribution >= 4 is 11.8 Å². The summed E-state index contributed by atoms with van der Waals surface area (Å²) in [6.45, 7) is 1.02. The van der Waals surface area contributed by atoms with Gasteiger partial charge in [-0.2, -0.15) is 0 Å². The molecule has 0 saturated heterocycles. The van der Waals surface area contributed by atoms with E-state index >= 15 is 0 Å². The highest BCUT2D eigenvalue weighted by Gasteiger charge is 2.45. The summed E-state index contributed by atoms with van der Waals surface area (Å²) >= 11 is 0. The van der Waals surface area contributed by atoms with Crippen LogP contribution in [0.2, 0.25) is 0 Å². The first kappa shape index (κ1) is 19.4. The molecule has 0 aliphatic carbocycles. The average Bonchev–Trinajstić information content (AvgIpc) is 2.83. The van der Waals surface area contributed by atoms with Crippen molar-refractivity contribution in [1.29, 1.82) is 0 Å². The number of ether oxygens (including phenoxy) is 1. The van der Waals surface area contributed by atoms with E-state index in [9.17, 15) is 9.59 Å². The van der Waals surface area contributed by atoms with Crippen molar-refractivity contribution in [2.24, 2.45) is 0 Å². The molecule has 0 radical (unpaired) electrons. The first-order valence-electron chi connectivity index (χ1n) is 10.6. The topological polar surface area (TPSA) is 58.6 Å². The summed E-state index contributed by atoms with van der Waals surface area (Å²) in [5.74, 6) is 0.232. The summed E-state index contributed by atoms with van der Waals surface area (Å²) in [6, 6.07) is 23.0. The monoisotopic (exact) mass is 412 g/mol. The largest absolute Gasteiger partial charge is 0.497 e. The second kappa shape index (κ2) is 7.91. The maximum atomic E-state index is 13.6. The minimum absolute atomic E-state index is 0.00643. The molecule has 0 fully saturated rings. The second-order valence-electron chi connectivity index (χ2n) is 8.03. The number of amides is 2. The molecule has 3 aromatic carbocycles. The molecule has 5 nitrogen and oxygen atoms in total. The Balaban J connectivity index is 1.52. The molecular formula is C26H24N2O3. The van der Waals surface area contributed by atoms with Crippen molar-refractivity contribution in [2.45, 2.75) is 24.9 Å². The van der Waals surface area contributed by atoms with E-state index in [2.05, 4.69) is 17.4 Å². The molecule has 5 heteroatoms. The van der Waals surface area contributed by atoms with Crippen LogP contribution in [0.25, 0.3) is 0 Å². The van der Waals surface area contributed by atoms with Gasteiger partial charge in [-0.3, -0.25) is 9.59 Å². The highest BCUT2D eigenvalue weighted by Crippen LogP contribution is 2.45. The van der Waals surface area contributed by atoms with E-state index in [0.717, 1.165) is 28.9 Å². The smallest absolute Gasteiger partial charge is 0.254 e. The maximum absolute atomic E-state index is 13.6. The molecule has 2 aliphatic heterocycles. The van der Waals surface area contributed by atoms with Gasteiger partial charge in [-0.05, 0) is 46.9 Å². The second-order valence-corrected chi connectivity index (χ2v) is 8.03. The van der Waals surface area contributed by atoms with Crippen LogP contribution in [0, 0.1) is 0 Å². The zero-order valence-corrected chi connectivity index (χ0v) is 17.4. The molecule has 0 unspecified atom stereocenters. The van der Waals surface area contributed by atoms with Gasteiger partial charge in [-0.1, -0.05) is 54.6 Å². The molecule has 5 rings (SSSR count). The number of nitrogens with zero attached hydrogens (tertiary/aromatic N) is 1. The first-order chi connectivity index (χ1) is 15.2. The zero-order valence-electron chi connectivity index (χ0n) is 17.4. The Morgan fingerprint density at radius 3 is 2.65 bits per heavy atom. The summed E-state index contributed by atoms with van der Waals surface area (Å²) < 4.78 is 5.29. The fourth-order valence-electron chi connectivity index (χ4n) is 4.84. The quantitative estimate of drug-likeness (QED) is 0.708. The van der Waals surface area contributed by atoms with E-state index in [1.165, 1.54) is 5.56 Å². The number of hydrogen-bond acceptors (Lipinski definition) is 3. The number of rotatable bonds is 4. The number of carbonyl (C=O) groups excluding carboxylic acids is 2. The summed E-state index contributed by atoms with van der Waals surface area (Å²) in [5.41, 5.74) is 4.67. The molecule has 2 aliphatic rings. The van der Waals surface area contributed by atoms with E-state index in [1.54, 1.807) is 7.11 Å². The SMILES string of the molecule is COc1cccc(CNC(=O)[C@@H]2c3ccccc3C(=O)N3CCc4ccccc4[C@H]23)c1. The molecule has 0 saturated carbocycles. The summed E-state index contributed by atoms with van der Waals surface area (Å²) in [4.78, 5) is 28.7. The van der Waals surface area contributed by atoms with Gasteiger partial charge in [0.25, 0.3) is 5.91 Å². The fourth-order valence-corrected chi connectivity index (χ4v) is 4.84. The Morgan fingerprint density at radius 2 is 1.81 bits per heavy atom. The maximum Gasteiger partial charge on any atom is 0.254 e. The lowest BCUT2D eigenvalue weighted by atomic mass is 9.76. The predicted octanol–water partition coefficient (Wildman–Crippen LogP) is 3.85. The zero-order chi connectivity index (χ0) is 21.4. The minimum atomic E-state index is -0.457. The van der Waals surface area contributed by atoms with Crippen molar-refractivity contribution in [1.82, 2.24) is 10.2 Å². The highest BCUT2D eigenvalue weighted by molar-refractivity contribution is 6.01. The Morgan fingerprint density at radius 1 is 1.03 bits per heavy atom. The number of nitrogens with one attached hydrogen (secondary N) is 1. The predicted molar refractivity (Wildman–Crippen MR) is 118 cm³/mol. The van der Waals surface area contributed by atoms with E-state index < -0.39 is 5.92 Å². The summed E-state index contributed by atoms with van der Waals surface area (Å²) in [5, 5.41) is 3.11. The molecule has 0 spiro atoms. The van der Waals surface area contributed by atoms with Crippen molar-refractivity contribution < 1.29 is 14.3 Å². The number of benzene rings is 3. The van der Waals surface area contributed by atoms with Crippen molar-refractivity contribution in [2.75, 3.05) is 13.7 Å². The molecule has 1 N–H and O–H groups in total. The Bertz CT molecular complexity index is 1160. The van der Waals surface area contributed by atoms with E-state index in [1.807, 2.05) is 65.6 Å². The molecule has 0 aromatic heterocycles. The third-order valence-corrected chi connectivity index (χ3v) is 6.32. The Hall–Kier alpha value is -3.60. The van der Waals surface area contributed by atoms with Gasteiger partial charge in [0.1, 0.15) is 5.75 Å². The minimum Gasteiger partial charge on any atom is -0.497 e. The Labute approximate surface area is 181 Å². The van der Waals surface area contributed by atoms with Gasteiger partial charge in [-0.15, -0.1) is 0 Å². The standard InChI is InChI=1S/C26H24N2O3/c1-31-19-9-6-7-17(15-19)16-27-25(29)23-21-11-4-5-12-22(21)26(30)28-14-13-18-8-2-3-10-20(18)24(23)28/h2-12,15,23-24H,13-14,16H2,1H3,(H,27,29)/t23-,24-/m1/s1. The van der Waals surface area contributed by atoms with Crippen LogP contribution in [0.4, 0.5) is 0 Å². The van der Waals surface area contributed by atoms with Gasteiger partial charge in [0.05, 0.1) is 19.1 Å². The van der Waals surface area contributed by atoms with Crippen LogP contribution in [0.5, 0.6) is 5.75 Å². The van der Waals surface area contributed by atoms with E-state index in [-0.39, 0.29) is 17.9 Å². The van der Waals surface area contributed by atoms with Crippen LogP contribution in [0.15, 0.2) is 72.8 Å². The average molecular weight is 412 g/mol. The van der Waals surface area contributed by atoms with Gasteiger partial charge in [0.2, 0.25) is 5.91 Å². The molecule has 2 amide bonds. The number of carbonyl (C=O) groups is 2. The van der Waals surface area contributed by atoms with Crippen LogP contribution in [0.1, 0.15) is 44.6 Å². The van der Waals surface area contributed by atoms with Gasteiger partial charge >= 0.3 is 0 Å². The molecule has 2 atom stereocenters.